The van der Waals surface area contributed by atoms with Gasteiger partial charge in [-0.1, -0.05) is 13.8 Å². The molecule has 4 nitrogen and oxygen atoms in total. The average molecular weight is 255 g/mol. The second kappa shape index (κ2) is 5.78. The second-order valence-corrected chi connectivity index (χ2v) is 5.94. The number of hydrogen-bond acceptors (Lipinski definition) is 5. The van der Waals surface area contributed by atoms with Crippen molar-refractivity contribution in [3.63, 3.8) is 0 Å². The molecule has 1 N–H and O–H groups in total. The Labute approximate surface area is 107 Å². The van der Waals surface area contributed by atoms with Crippen LogP contribution in [0, 0.1) is 0 Å². The number of aromatic nitrogens is 1. The number of nitrogens with one attached hydrogen (secondary N) is 1. The third kappa shape index (κ3) is 3.39. The first-order chi connectivity index (χ1) is 8.16. The molecule has 1 saturated heterocycles. The lowest BCUT2D eigenvalue weighted by Gasteiger charge is -2.21. The van der Waals surface area contributed by atoms with Crippen molar-refractivity contribution in [1.29, 1.82) is 0 Å². The molecule has 0 bridgehead atoms. The van der Waals surface area contributed by atoms with Gasteiger partial charge in [-0.25, -0.2) is 0 Å². The molecule has 2 heterocycles. The first kappa shape index (κ1) is 12.8. The first-order valence-corrected chi connectivity index (χ1v) is 7.30. The minimum Gasteiger partial charge on any atom is -0.432 e. The smallest absolute Gasteiger partial charge is 0.297 e. The van der Waals surface area contributed by atoms with Crippen molar-refractivity contribution in [2.24, 2.45) is 0 Å². The molecule has 2 rings (SSSR count). The zero-order valence-electron chi connectivity index (χ0n) is 10.8. The molecule has 1 aromatic heterocycles. The molecule has 1 aliphatic heterocycles. The van der Waals surface area contributed by atoms with E-state index in [1.165, 1.54) is 17.9 Å². The van der Waals surface area contributed by atoms with E-state index >= 15 is 0 Å². The fraction of sp³-hybridized carbons (Fsp3) is 0.750. The van der Waals surface area contributed by atoms with Crippen molar-refractivity contribution in [2.75, 3.05) is 23.5 Å². The van der Waals surface area contributed by atoms with Crippen LogP contribution >= 0.6 is 11.8 Å². The van der Waals surface area contributed by atoms with Gasteiger partial charge in [0.15, 0.2) is 0 Å². The summed E-state index contributed by atoms with van der Waals surface area (Å²) in [7, 11) is 2.07. The largest absolute Gasteiger partial charge is 0.432 e. The Morgan fingerprint density at radius 2 is 2.47 bits per heavy atom. The molecule has 0 radical (unpaired) electrons. The molecule has 0 aromatic carbocycles. The number of anilines is 1. The molecule has 0 saturated carbocycles. The molecule has 96 valence electrons. The van der Waals surface area contributed by atoms with E-state index in [1.54, 1.807) is 6.26 Å². The van der Waals surface area contributed by atoms with Gasteiger partial charge in [0, 0.05) is 31.4 Å². The van der Waals surface area contributed by atoms with E-state index in [0.717, 1.165) is 18.3 Å². The Morgan fingerprint density at radius 1 is 1.65 bits per heavy atom. The van der Waals surface area contributed by atoms with Gasteiger partial charge in [0.25, 0.3) is 6.01 Å². The molecule has 1 atom stereocenters. The monoisotopic (exact) mass is 255 g/mol. The Kier molecular flexibility index (Phi) is 4.34. The molecular formula is C12H21N3OS. The Morgan fingerprint density at radius 3 is 3.12 bits per heavy atom. The van der Waals surface area contributed by atoms with Crippen molar-refractivity contribution in [3.05, 3.63) is 12.0 Å². The lowest BCUT2D eigenvalue weighted by atomic mass is 10.2. The maximum Gasteiger partial charge on any atom is 0.297 e. The molecule has 0 spiro atoms. The molecule has 0 amide bonds. The van der Waals surface area contributed by atoms with Crippen LogP contribution in [0.25, 0.3) is 0 Å². The second-order valence-electron chi connectivity index (χ2n) is 4.79. The van der Waals surface area contributed by atoms with Gasteiger partial charge >= 0.3 is 0 Å². The van der Waals surface area contributed by atoms with Crippen LogP contribution in [0.5, 0.6) is 0 Å². The number of rotatable bonds is 5. The van der Waals surface area contributed by atoms with Gasteiger partial charge in [-0.2, -0.15) is 16.7 Å². The number of hydrogen-bond donors (Lipinski definition) is 1. The van der Waals surface area contributed by atoms with Crippen molar-refractivity contribution in [1.82, 2.24) is 10.3 Å². The van der Waals surface area contributed by atoms with Crippen LogP contribution in [0.3, 0.4) is 0 Å². The van der Waals surface area contributed by atoms with Gasteiger partial charge in [0.05, 0.1) is 5.69 Å². The SMILES string of the molecule is CC(C)NCc1coc(N(C)C2CCSC2)n1. The molecule has 5 heteroatoms. The maximum absolute atomic E-state index is 5.54. The fourth-order valence-corrected chi connectivity index (χ4v) is 3.10. The van der Waals surface area contributed by atoms with Crippen molar-refractivity contribution in [3.8, 4) is 0 Å². The molecule has 17 heavy (non-hydrogen) atoms. The Hall–Kier alpha value is -0.680. The zero-order valence-corrected chi connectivity index (χ0v) is 11.6. The highest BCUT2D eigenvalue weighted by Gasteiger charge is 2.23. The topological polar surface area (TPSA) is 41.3 Å². The van der Waals surface area contributed by atoms with Gasteiger partial charge in [-0.15, -0.1) is 0 Å². The van der Waals surface area contributed by atoms with Gasteiger partial charge in [0.2, 0.25) is 0 Å². The third-order valence-corrected chi connectivity index (χ3v) is 4.13. The predicted octanol–water partition coefficient (Wildman–Crippen LogP) is 2.11. The lowest BCUT2D eigenvalue weighted by molar-refractivity contribution is 0.521. The van der Waals surface area contributed by atoms with E-state index in [4.69, 9.17) is 4.42 Å². The van der Waals surface area contributed by atoms with Gasteiger partial charge in [0.1, 0.15) is 6.26 Å². The first-order valence-electron chi connectivity index (χ1n) is 6.15. The predicted molar refractivity (Wildman–Crippen MR) is 72.6 cm³/mol. The highest BCUT2D eigenvalue weighted by molar-refractivity contribution is 7.99. The molecule has 1 unspecified atom stereocenters. The molecular weight excluding hydrogens is 234 g/mol. The summed E-state index contributed by atoms with van der Waals surface area (Å²) in [5.74, 6) is 2.43. The minimum absolute atomic E-state index is 0.471. The highest BCUT2D eigenvalue weighted by atomic mass is 32.2. The zero-order chi connectivity index (χ0) is 12.3. The molecule has 1 aromatic rings. The summed E-state index contributed by atoms with van der Waals surface area (Å²) in [5.41, 5.74) is 0.978. The van der Waals surface area contributed by atoms with Crippen LogP contribution in [0.1, 0.15) is 26.0 Å². The summed E-state index contributed by atoms with van der Waals surface area (Å²) in [5, 5.41) is 3.34. The molecule has 0 aliphatic carbocycles. The molecule has 1 aliphatic rings. The number of thioether (sulfide) groups is 1. The normalized spacial score (nSPS) is 20.1. The lowest BCUT2D eigenvalue weighted by Crippen LogP contribution is -2.31. The minimum atomic E-state index is 0.471. The van der Waals surface area contributed by atoms with E-state index in [0.29, 0.717) is 12.1 Å². The van der Waals surface area contributed by atoms with Crippen LogP contribution in [-0.2, 0) is 6.54 Å². The van der Waals surface area contributed by atoms with E-state index in [2.05, 4.69) is 36.1 Å². The summed E-state index contributed by atoms with van der Waals surface area (Å²) >= 11 is 2.00. The highest BCUT2D eigenvalue weighted by Crippen LogP contribution is 2.25. The Bertz CT molecular complexity index is 347. The maximum atomic E-state index is 5.54. The van der Waals surface area contributed by atoms with E-state index < -0.39 is 0 Å². The average Bonchev–Trinajstić information content (AvgIpc) is 2.97. The van der Waals surface area contributed by atoms with E-state index in [9.17, 15) is 0 Å². The van der Waals surface area contributed by atoms with Gasteiger partial charge in [-0.3, -0.25) is 0 Å². The molecule has 1 fully saturated rings. The van der Waals surface area contributed by atoms with Gasteiger partial charge in [-0.05, 0) is 12.2 Å². The van der Waals surface area contributed by atoms with E-state index in [-0.39, 0.29) is 0 Å². The van der Waals surface area contributed by atoms with Crippen molar-refractivity contribution >= 4 is 17.8 Å². The van der Waals surface area contributed by atoms with Crippen LogP contribution in [0.15, 0.2) is 10.7 Å². The van der Waals surface area contributed by atoms with Crippen LogP contribution < -0.4 is 10.2 Å². The third-order valence-electron chi connectivity index (χ3n) is 2.99. The van der Waals surface area contributed by atoms with E-state index in [1.807, 2.05) is 11.8 Å². The van der Waals surface area contributed by atoms with Crippen molar-refractivity contribution < 1.29 is 4.42 Å². The fourth-order valence-electron chi connectivity index (χ4n) is 1.83. The summed E-state index contributed by atoms with van der Waals surface area (Å²) < 4.78 is 5.54. The van der Waals surface area contributed by atoms with Crippen LogP contribution in [0.4, 0.5) is 6.01 Å². The quantitative estimate of drug-likeness (QED) is 0.873. The standard InChI is InChI=1S/C12H21N3OS/c1-9(2)13-6-10-7-16-12(14-10)15(3)11-4-5-17-8-11/h7,9,11,13H,4-6,8H2,1-3H3. The summed E-state index contributed by atoms with van der Waals surface area (Å²) in [4.78, 5) is 6.68. The van der Waals surface area contributed by atoms with Crippen LogP contribution in [-0.4, -0.2) is 35.6 Å². The van der Waals surface area contributed by atoms with Crippen LogP contribution in [0.2, 0.25) is 0 Å². The van der Waals surface area contributed by atoms with Crippen molar-refractivity contribution in [2.45, 2.75) is 38.9 Å². The summed E-state index contributed by atoms with van der Waals surface area (Å²) in [6.07, 6.45) is 2.98. The summed E-state index contributed by atoms with van der Waals surface area (Å²) in [6, 6.07) is 1.79. The summed E-state index contributed by atoms with van der Waals surface area (Å²) in [6.45, 7) is 5.03. The van der Waals surface area contributed by atoms with Gasteiger partial charge < -0.3 is 14.6 Å². The Balaban J connectivity index is 1.92. The number of nitrogens with zero attached hydrogens (tertiary/aromatic N) is 2. The number of oxazole rings is 1.